The zero-order chi connectivity index (χ0) is 18.9. The van der Waals surface area contributed by atoms with Crippen LogP contribution >= 0.6 is 23.7 Å². The van der Waals surface area contributed by atoms with E-state index in [-0.39, 0.29) is 23.7 Å². The van der Waals surface area contributed by atoms with E-state index in [2.05, 4.69) is 19.1 Å². The molecule has 1 aliphatic rings. The Balaban J connectivity index is 0.00000225. The van der Waals surface area contributed by atoms with E-state index in [0.717, 1.165) is 29.1 Å². The molecule has 1 fully saturated rings. The van der Waals surface area contributed by atoms with Gasteiger partial charge in [-0.3, -0.25) is 9.48 Å². The van der Waals surface area contributed by atoms with Gasteiger partial charge in [0.15, 0.2) is 0 Å². The molecule has 1 aliphatic heterocycles. The first-order valence-corrected chi connectivity index (χ1v) is 10.1. The summed E-state index contributed by atoms with van der Waals surface area (Å²) in [4.78, 5) is 16.2. The molecule has 4 rings (SSSR count). The number of rotatable bonds is 5. The lowest BCUT2D eigenvalue weighted by Crippen LogP contribution is -2.34. The third-order valence-electron chi connectivity index (χ3n) is 5.27. The average Bonchev–Trinajstić information content (AvgIpc) is 3.42. The first kappa shape index (κ1) is 20.6. The number of thiophene rings is 1. The lowest BCUT2D eigenvalue weighted by molar-refractivity contribution is 0.0777. The highest BCUT2D eigenvalue weighted by molar-refractivity contribution is 7.13. The van der Waals surface area contributed by atoms with Gasteiger partial charge in [-0.05, 0) is 35.4 Å². The maximum atomic E-state index is 13.3. The Labute approximate surface area is 175 Å². The van der Waals surface area contributed by atoms with Gasteiger partial charge in [-0.15, -0.1) is 23.7 Å². The van der Waals surface area contributed by atoms with Gasteiger partial charge in [0.2, 0.25) is 0 Å². The van der Waals surface area contributed by atoms with Crippen LogP contribution in [0.15, 0.2) is 54.0 Å². The normalized spacial score (nSPS) is 18.9. The molecule has 1 atom stereocenters. The van der Waals surface area contributed by atoms with Crippen molar-refractivity contribution in [2.45, 2.75) is 19.9 Å². The molecule has 0 saturated carbocycles. The van der Waals surface area contributed by atoms with Crippen LogP contribution in [-0.4, -0.2) is 40.2 Å². The number of nitrogens with zero attached hydrogens (tertiary/aromatic N) is 3. The number of halogens is 1. The minimum atomic E-state index is 0. The first-order chi connectivity index (χ1) is 13.1. The quantitative estimate of drug-likeness (QED) is 0.686. The molecular weight excluding hydrogens is 392 g/mol. The van der Waals surface area contributed by atoms with Crippen molar-refractivity contribution >= 4 is 29.7 Å². The summed E-state index contributed by atoms with van der Waals surface area (Å²) in [5.74, 6) is 0.0508. The molecule has 0 aliphatic carbocycles. The maximum absolute atomic E-state index is 13.3. The fourth-order valence-electron chi connectivity index (χ4n) is 3.56. The van der Waals surface area contributed by atoms with Gasteiger partial charge in [0, 0.05) is 19.3 Å². The minimum absolute atomic E-state index is 0. The van der Waals surface area contributed by atoms with Gasteiger partial charge < -0.3 is 10.6 Å². The van der Waals surface area contributed by atoms with Crippen LogP contribution < -0.4 is 5.73 Å². The van der Waals surface area contributed by atoms with Crippen LogP contribution in [0.1, 0.15) is 29.3 Å². The van der Waals surface area contributed by atoms with E-state index in [1.807, 2.05) is 51.5 Å². The van der Waals surface area contributed by atoms with Crippen molar-refractivity contribution in [3.63, 3.8) is 0 Å². The Morgan fingerprint density at radius 1 is 1.25 bits per heavy atom. The summed E-state index contributed by atoms with van der Waals surface area (Å²) in [5.41, 5.74) is 8.53. The maximum Gasteiger partial charge on any atom is 0.257 e. The fraction of sp³-hybridized carbons (Fsp3) is 0.333. The Morgan fingerprint density at radius 3 is 2.68 bits per heavy atom. The Kier molecular flexibility index (Phi) is 6.23. The minimum Gasteiger partial charge on any atom is -0.338 e. The van der Waals surface area contributed by atoms with Gasteiger partial charge in [-0.25, -0.2) is 0 Å². The highest BCUT2D eigenvalue weighted by Crippen LogP contribution is 2.32. The number of carbonyl (C=O) groups is 1. The highest BCUT2D eigenvalue weighted by Gasteiger charge is 2.36. The number of aromatic nitrogens is 2. The molecule has 1 unspecified atom stereocenters. The largest absolute Gasteiger partial charge is 0.338 e. The fourth-order valence-corrected chi connectivity index (χ4v) is 4.28. The van der Waals surface area contributed by atoms with Crippen LogP contribution in [0.4, 0.5) is 0 Å². The molecule has 3 aromatic rings. The highest BCUT2D eigenvalue weighted by atomic mass is 35.5. The van der Waals surface area contributed by atoms with Crippen molar-refractivity contribution in [3.05, 3.63) is 65.2 Å². The molecule has 3 heterocycles. The molecule has 148 valence electrons. The van der Waals surface area contributed by atoms with Gasteiger partial charge in [-0.2, -0.15) is 5.10 Å². The number of hydrogen-bond acceptors (Lipinski definition) is 4. The van der Waals surface area contributed by atoms with Crippen molar-refractivity contribution < 1.29 is 4.79 Å². The predicted molar refractivity (Wildman–Crippen MR) is 116 cm³/mol. The molecular formula is C21H25ClN4OS. The molecule has 28 heavy (non-hydrogen) atoms. The third-order valence-corrected chi connectivity index (χ3v) is 6.15. The molecule has 5 nitrogen and oxygen atoms in total. The van der Waals surface area contributed by atoms with Crippen molar-refractivity contribution in [2.75, 3.05) is 19.6 Å². The molecule has 2 N–H and O–H groups in total. The van der Waals surface area contributed by atoms with Gasteiger partial charge in [0.1, 0.15) is 5.69 Å². The second-order valence-corrected chi connectivity index (χ2v) is 8.49. The van der Waals surface area contributed by atoms with Gasteiger partial charge in [-0.1, -0.05) is 43.3 Å². The average molecular weight is 417 g/mol. The van der Waals surface area contributed by atoms with E-state index in [0.29, 0.717) is 25.2 Å². The second kappa shape index (κ2) is 8.47. The van der Waals surface area contributed by atoms with Crippen LogP contribution in [-0.2, 0) is 6.54 Å². The zero-order valence-electron chi connectivity index (χ0n) is 15.9. The Morgan fingerprint density at radius 2 is 2.04 bits per heavy atom. The lowest BCUT2D eigenvalue weighted by atomic mass is 9.90. The molecule has 1 aromatic carbocycles. The van der Waals surface area contributed by atoms with Crippen molar-refractivity contribution in [2.24, 2.45) is 11.1 Å². The van der Waals surface area contributed by atoms with Crippen LogP contribution in [0.5, 0.6) is 0 Å². The van der Waals surface area contributed by atoms with Crippen LogP contribution in [0.2, 0.25) is 0 Å². The van der Waals surface area contributed by atoms with Gasteiger partial charge >= 0.3 is 0 Å². The smallest absolute Gasteiger partial charge is 0.257 e. The van der Waals surface area contributed by atoms with Gasteiger partial charge in [0.25, 0.3) is 5.91 Å². The lowest BCUT2D eigenvalue weighted by Gasteiger charge is -2.22. The number of hydrogen-bond donors (Lipinski definition) is 1. The summed E-state index contributed by atoms with van der Waals surface area (Å²) in [7, 11) is 0. The molecule has 2 aromatic heterocycles. The Bertz CT molecular complexity index is 925. The predicted octanol–water partition coefficient (Wildman–Crippen LogP) is 3.89. The number of amides is 1. The summed E-state index contributed by atoms with van der Waals surface area (Å²) < 4.78 is 1.87. The summed E-state index contributed by atoms with van der Waals surface area (Å²) >= 11 is 1.61. The molecule has 0 bridgehead atoms. The van der Waals surface area contributed by atoms with E-state index in [1.54, 1.807) is 11.3 Å². The molecule has 0 spiro atoms. The van der Waals surface area contributed by atoms with Crippen LogP contribution in [0, 0.1) is 5.41 Å². The topological polar surface area (TPSA) is 64.2 Å². The van der Waals surface area contributed by atoms with E-state index in [9.17, 15) is 4.79 Å². The second-order valence-electron chi connectivity index (χ2n) is 7.54. The monoisotopic (exact) mass is 416 g/mol. The van der Waals surface area contributed by atoms with Gasteiger partial charge in [0.05, 0.1) is 17.0 Å². The summed E-state index contributed by atoms with van der Waals surface area (Å²) in [6, 6.07) is 14.2. The van der Waals surface area contributed by atoms with E-state index in [4.69, 9.17) is 10.8 Å². The molecule has 0 radical (unpaired) electrons. The first-order valence-electron chi connectivity index (χ1n) is 9.23. The summed E-state index contributed by atoms with van der Waals surface area (Å²) in [5, 5.41) is 6.77. The van der Waals surface area contributed by atoms with Crippen LogP contribution in [0.25, 0.3) is 10.6 Å². The third kappa shape index (κ3) is 4.14. The molecule has 7 heteroatoms. The number of carbonyl (C=O) groups excluding carboxylic acids is 1. The van der Waals surface area contributed by atoms with Crippen molar-refractivity contribution in [1.29, 1.82) is 0 Å². The molecule has 1 saturated heterocycles. The van der Waals surface area contributed by atoms with Crippen molar-refractivity contribution in [3.8, 4) is 10.6 Å². The zero-order valence-corrected chi connectivity index (χ0v) is 17.5. The number of benzene rings is 1. The SMILES string of the molecule is CC1(CN)CCN(C(=O)c2cn(Cc3ccccc3)nc2-c2cccs2)C1.Cl. The summed E-state index contributed by atoms with van der Waals surface area (Å²) in [6.45, 7) is 4.85. The van der Waals surface area contributed by atoms with Crippen LogP contribution in [0.3, 0.4) is 0 Å². The van der Waals surface area contributed by atoms with E-state index < -0.39 is 0 Å². The van der Waals surface area contributed by atoms with E-state index in [1.165, 1.54) is 0 Å². The summed E-state index contributed by atoms with van der Waals surface area (Å²) in [6.07, 6.45) is 2.84. The van der Waals surface area contributed by atoms with E-state index >= 15 is 0 Å². The molecule has 1 amide bonds. The standard InChI is InChI=1S/C21H24N4OS.ClH/c1-21(14-22)9-10-24(15-21)20(26)17-13-25(12-16-6-3-2-4-7-16)23-19(17)18-8-5-11-27-18;/h2-8,11,13H,9-10,12,14-15,22H2,1H3;1H. The Hall–Kier alpha value is -2.15. The van der Waals surface area contributed by atoms with Crippen molar-refractivity contribution in [1.82, 2.24) is 14.7 Å². The number of nitrogens with two attached hydrogens (primary N) is 1. The number of likely N-dealkylation sites (tertiary alicyclic amines) is 1.